The van der Waals surface area contributed by atoms with Crippen LogP contribution in [-0.4, -0.2) is 33.2 Å². The molecule has 0 N–H and O–H groups in total. The fourth-order valence-electron chi connectivity index (χ4n) is 3.62. The predicted molar refractivity (Wildman–Crippen MR) is 107 cm³/mol. The van der Waals surface area contributed by atoms with E-state index in [0.29, 0.717) is 11.0 Å². The van der Waals surface area contributed by atoms with Gasteiger partial charge in [0.05, 0.1) is 23.3 Å². The Labute approximate surface area is 166 Å². The minimum atomic E-state index is -2.70. The molecule has 4 nitrogen and oxygen atoms in total. The van der Waals surface area contributed by atoms with Crippen LogP contribution in [0.2, 0.25) is 0 Å². The molecule has 1 aliphatic rings. The van der Waals surface area contributed by atoms with E-state index in [2.05, 4.69) is 23.2 Å². The van der Waals surface area contributed by atoms with Crippen LogP contribution in [0.5, 0.6) is 0 Å². The number of imidazole rings is 1. The molecule has 0 fully saturated rings. The minimum absolute atomic E-state index is 0.0442. The number of benzene rings is 2. The van der Waals surface area contributed by atoms with Crippen LogP contribution in [0.1, 0.15) is 29.9 Å². The third kappa shape index (κ3) is 3.76. The molecule has 2 aromatic carbocycles. The zero-order chi connectivity index (χ0) is 19.7. The highest BCUT2D eigenvalue weighted by atomic mass is 32.2. The van der Waals surface area contributed by atoms with E-state index >= 15 is 0 Å². The molecule has 0 radical (unpaired) electrons. The highest BCUT2D eigenvalue weighted by Gasteiger charge is 2.20. The van der Waals surface area contributed by atoms with Crippen molar-refractivity contribution in [3.63, 3.8) is 0 Å². The summed E-state index contributed by atoms with van der Waals surface area (Å²) in [6.45, 7) is -2.66. The first-order chi connectivity index (χ1) is 13.5. The summed E-state index contributed by atoms with van der Waals surface area (Å²) in [7, 11) is 1.63. The second-order valence-corrected chi connectivity index (χ2v) is 8.04. The second-order valence-electron chi connectivity index (χ2n) is 6.99. The molecule has 0 unspecified atom stereocenters. The molecular weight excluding hydrogens is 380 g/mol. The number of para-hydroxylation sites is 2. The molecule has 4 rings (SSSR count). The number of carbonyl (C=O) groups excluding carboxylic acids is 1. The lowest BCUT2D eigenvalue weighted by molar-refractivity contribution is -0.127. The van der Waals surface area contributed by atoms with Crippen LogP contribution in [0.15, 0.2) is 47.4 Å². The fraction of sp³-hybridized carbons (Fsp3) is 0.333. The van der Waals surface area contributed by atoms with Crippen molar-refractivity contribution in [2.75, 3.05) is 12.8 Å². The number of hydrogen-bond donors (Lipinski definition) is 0. The summed E-state index contributed by atoms with van der Waals surface area (Å²) in [4.78, 5) is 19.4. The molecule has 0 atom stereocenters. The number of nitrogens with zero attached hydrogens (tertiary/aromatic N) is 3. The van der Waals surface area contributed by atoms with Gasteiger partial charge in [-0.05, 0) is 54.7 Å². The summed E-state index contributed by atoms with van der Waals surface area (Å²) < 4.78 is 28.0. The van der Waals surface area contributed by atoms with E-state index in [-0.39, 0.29) is 24.0 Å². The number of fused-ring (bicyclic) bond motifs is 2. The first-order valence-electron chi connectivity index (χ1n) is 9.25. The van der Waals surface area contributed by atoms with Gasteiger partial charge in [-0.3, -0.25) is 9.36 Å². The summed E-state index contributed by atoms with van der Waals surface area (Å²) in [5.41, 5.74) is 3.65. The molecule has 0 saturated carbocycles. The van der Waals surface area contributed by atoms with Crippen LogP contribution in [0, 0.1) is 0 Å². The Kier molecular flexibility index (Phi) is 5.35. The van der Waals surface area contributed by atoms with Crippen LogP contribution in [0.4, 0.5) is 8.78 Å². The lowest BCUT2D eigenvalue weighted by Gasteiger charge is -2.17. The van der Waals surface area contributed by atoms with Crippen LogP contribution in [-0.2, 0) is 24.2 Å². The monoisotopic (exact) mass is 401 g/mol. The highest BCUT2D eigenvalue weighted by Crippen LogP contribution is 2.28. The highest BCUT2D eigenvalue weighted by molar-refractivity contribution is 8.00. The quantitative estimate of drug-likeness (QED) is 0.564. The van der Waals surface area contributed by atoms with Gasteiger partial charge in [0.25, 0.3) is 0 Å². The van der Waals surface area contributed by atoms with Crippen molar-refractivity contribution in [3.05, 3.63) is 59.4 Å². The molecule has 0 saturated heterocycles. The SMILES string of the molecule is CN(Cc1nc2ccccc2n1C(F)F)C(=O)CSc1ccc2c(c1)CCC2. The van der Waals surface area contributed by atoms with Crippen LogP contribution in [0.25, 0.3) is 11.0 Å². The van der Waals surface area contributed by atoms with Crippen molar-refractivity contribution in [2.45, 2.75) is 37.3 Å². The van der Waals surface area contributed by atoms with Gasteiger partial charge >= 0.3 is 6.55 Å². The van der Waals surface area contributed by atoms with E-state index in [1.54, 1.807) is 31.3 Å². The third-order valence-corrected chi connectivity index (χ3v) is 6.08. The largest absolute Gasteiger partial charge is 0.338 e. The molecular formula is C21H21F2N3OS. The van der Waals surface area contributed by atoms with Crippen LogP contribution >= 0.6 is 11.8 Å². The van der Waals surface area contributed by atoms with E-state index < -0.39 is 6.55 Å². The Morgan fingerprint density at radius 3 is 2.82 bits per heavy atom. The number of amides is 1. The van der Waals surface area contributed by atoms with Gasteiger partial charge in [0, 0.05) is 11.9 Å². The van der Waals surface area contributed by atoms with E-state index in [0.717, 1.165) is 22.3 Å². The normalized spacial score (nSPS) is 13.3. The minimum Gasteiger partial charge on any atom is -0.338 e. The predicted octanol–water partition coefficient (Wildman–Crippen LogP) is 4.67. The maximum absolute atomic E-state index is 13.5. The average Bonchev–Trinajstić information content (AvgIpc) is 3.29. The summed E-state index contributed by atoms with van der Waals surface area (Å²) in [5, 5.41) is 0. The Bertz CT molecular complexity index is 1020. The molecule has 7 heteroatoms. The van der Waals surface area contributed by atoms with Crippen molar-refractivity contribution in [3.8, 4) is 0 Å². The van der Waals surface area contributed by atoms with E-state index in [4.69, 9.17) is 0 Å². The molecule has 0 spiro atoms. The Morgan fingerprint density at radius 2 is 2.00 bits per heavy atom. The molecule has 1 aromatic heterocycles. The van der Waals surface area contributed by atoms with Crippen molar-refractivity contribution in [1.82, 2.24) is 14.5 Å². The van der Waals surface area contributed by atoms with Gasteiger partial charge in [-0.15, -0.1) is 11.8 Å². The van der Waals surface area contributed by atoms with Crippen molar-refractivity contribution in [1.29, 1.82) is 0 Å². The van der Waals surface area contributed by atoms with Crippen LogP contribution < -0.4 is 0 Å². The molecule has 146 valence electrons. The number of aryl methyl sites for hydroxylation is 2. The first kappa shape index (κ1) is 18.9. The smallest absolute Gasteiger partial charge is 0.320 e. The summed E-state index contributed by atoms with van der Waals surface area (Å²) >= 11 is 1.48. The van der Waals surface area contributed by atoms with Crippen LogP contribution in [0.3, 0.4) is 0 Å². The van der Waals surface area contributed by atoms with E-state index in [1.165, 1.54) is 34.2 Å². The Morgan fingerprint density at radius 1 is 1.21 bits per heavy atom. The lowest BCUT2D eigenvalue weighted by atomic mass is 10.1. The fourth-order valence-corrected chi connectivity index (χ4v) is 4.52. The number of aromatic nitrogens is 2. The molecule has 0 aliphatic heterocycles. The topological polar surface area (TPSA) is 38.1 Å². The van der Waals surface area contributed by atoms with Crippen molar-refractivity contribution < 1.29 is 13.6 Å². The summed E-state index contributed by atoms with van der Waals surface area (Å²) in [6.07, 6.45) is 3.42. The van der Waals surface area contributed by atoms with Gasteiger partial charge in [0.1, 0.15) is 5.82 Å². The van der Waals surface area contributed by atoms with Gasteiger partial charge < -0.3 is 4.90 Å². The number of rotatable bonds is 6. The van der Waals surface area contributed by atoms with Crippen molar-refractivity contribution >= 4 is 28.7 Å². The molecule has 3 aromatic rings. The number of alkyl halides is 2. The zero-order valence-corrected chi connectivity index (χ0v) is 16.4. The average molecular weight is 401 g/mol. The molecule has 0 bridgehead atoms. The Balaban J connectivity index is 1.43. The maximum Gasteiger partial charge on any atom is 0.320 e. The number of halogens is 2. The number of hydrogen-bond acceptors (Lipinski definition) is 3. The zero-order valence-electron chi connectivity index (χ0n) is 15.6. The van der Waals surface area contributed by atoms with E-state index in [9.17, 15) is 13.6 Å². The maximum atomic E-state index is 13.5. The number of carbonyl (C=O) groups is 1. The summed E-state index contributed by atoms with van der Waals surface area (Å²) in [6, 6.07) is 13.1. The third-order valence-electron chi connectivity index (χ3n) is 5.10. The van der Waals surface area contributed by atoms with E-state index in [1.807, 2.05) is 0 Å². The molecule has 1 heterocycles. The second kappa shape index (κ2) is 7.91. The molecule has 28 heavy (non-hydrogen) atoms. The van der Waals surface area contributed by atoms with Gasteiger partial charge in [-0.2, -0.15) is 8.78 Å². The molecule has 1 amide bonds. The summed E-state index contributed by atoms with van der Waals surface area (Å²) in [5.74, 6) is 0.345. The van der Waals surface area contributed by atoms with Gasteiger partial charge in [-0.25, -0.2) is 4.98 Å². The Hall–Kier alpha value is -2.41. The lowest BCUT2D eigenvalue weighted by Crippen LogP contribution is -2.29. The molecule has 1 aliphatic carbocycles. The van der Waals surface area contributed by atoms with Gasteiger partial charge in [-0.1, -0.05) is 18.2 Å². The van der Waals surface area contributed by atoms with Crippen molar-refractivity contribution in [2.24, 2.45) is 0 Å². The van der Waals surface area contributed by atoms with Gasteiger partial charge in [0.2, 0.25) is 5.91 Å². The number of thioether (sulfide) groups is 1. The first-order valence-corrected chi connectivity index (χ1v) is 10.2. The van der Waals surface area contributed by atoms with Gasteiger partial charge in [0.15, 0.2) is 0 Å². The standard InChI is InChI=1S/C21H21F2N3OS/c1-25(12-19-24-17-7-2-3-8-18(17)26(19)21(22)23)20(27)13-28-16-10-9-14-5-4-6-15(14)11-16/h2-3,7-11,21H,4-6,12-13H2,1H3.